The van der Waals surface area contributed by atoms with E-state index in [4.69, 9.17) is 9.47 Å². The summed E-state index contributed by atoms with van der Waals surface area (Å²) in [4.78, 5) is 30.3. The quantitative estimate of drug-likeness (QED) is 0.399. The number of carbonyl (C=O) groups excluding carboxylic acids is 1. The van der Waals surface area contributed by atoms with Crippen LogP contribution in [0.2, 0.25) is 0 Å². The zero-order valence-electron chi connectivity index (χ0n) is 18.3. The van der Waals surface area contributed by atoms with Crippen molar-refractivity contribution in [3.63, 3.8) is 0 Å². The van der Waals surface area contributed by atoms with E-state index in [1.54, 1.807) is 38.5 Å². The molecule has 0 bridgehead atoms. The molecule has 2 aromatic carbocycles. The maximum atomic E-state index is 12.8. The van der Waals surface area contributed by atoms with E-state index < -0.39 is 0 Å². The number of nitrogens with zero attached hydrogens (tertiary/aromatic N) is 3. The number of aromatic nitrogens is 1. The van der Waals surface area contributed by atoms with Crippen molar-refractivity contribution in [3.05, 3.63) is 58.0 Å². The van der Waals surface area contributed by atoms with Gasteiger partial charge in [-0.3, -0.25) is 14.9 Å². The molecular formula is C23H24N4O5S. The first kappa shape index (κ1) is 22.5. The first-order valence-electron chi connectivity index (χ1n) is 10.5. The number of benzene rings is 2. The van der Waals surface area contributed by atoms with Crippen LogP contribution >= 0.6 is 11.3 Å². The Morgan fingerprint density at radius 2 is 1.94 bits per heavy atom. The summed E-state index contributed by atoms with van der Waals surface area (Å²) >= 11 is 1.35. The van der Waals surface area contributed by atoms with Crippen LogP contribution < -0.4 is 19.7 Å². The molecular weight excluding hydrogens is 444 g/mol. The van der Waals surface area contributed by atoms with Crippen molar-refractivity contribution >= 4 is 33.8 Å². The van der Waals surface area contributed by atoms with Gasteiger partial charge in [0.25, 0.3) is 5.69 Å². The maximum absolute atomic E-state index is 12.8. The Morgan fingerprint density at radius 3 is 2.64 bits per heavy atom. The molecule has 1 N–H and O–H groups in total. The van der Waals surface area contributed by atoms with Crippen molar-refractivity contribution in [3.8, 4) is 22.8 Å². The van der Waals surface area contributed by atoms with Gasteiger partial charge < -0.3 is 19.7 Å². The molecule has 1 fully saturated rings. The summed E-state index contributed by atoms with van der Waals surface area (Å²) in [6.07, 6.45) is 1.23. The first-order valence-corrected chi connectivity index (χ1v) is 11.3. The van der Waals surface area contributed by atoms with E-state index in [9.17, 15) is 14.9 Å². The minimum absolute atomic E-state index is 0.0835. The zero-order chi connectivity index (χ0) is 23.4. The fraction of sp³-hybridized carbons (Fsp3) is 0.304. The Labute approximate surface area is 195 Å². The molecule has 172 valence electrons. The lowest BCUT2D eigenvalue weighted by Gasteiger charge is -2.32. The molecule has 0 spiro atoms. The molecule has 0 atom stereocenters. The first-order chi connectivity index (χ1) is 16.0. The zero-order valence-corrected chi connectivity index (χ0v) is 19.1. The average Bonchev–Trinajstić information content (AvgIpc) is 3.31. The summed E-state index contributed by atoms with van der Waals surface area (Å²) in [5.74, 6) is 1.07. The second-order valence-electron chi connectivity index (χ2n) is 7.60. The lowest BCUT2D eigenvalue weighted by atomic mass is 9.95. The molecule has 0 saturated carbocycles. The number of rotatable bonds is 7. The minimum Gasteiger partial charge on any atom is -0.497 e. The minimum atomic E-state index is -0.369. The molecule has 1 aliphatic heterocycles. The molecule has 0 aliphatic carbocycles. The van der Waals surface area contributed by atoms with Gasteiger partial charge in [0.2, 0.25) is 5.91 Å². The SMILES string of the molecule is COc1ccc(-c2csc(NC(=O)C3CCN(c4ccccc4[N+](=O)[O-])CC3)n2)c(OC)c1. The van der Waals surface area contributed by atoms with Gasteiger partial charge in [-0.25, -0.2) is 4.98 Å². The number of amides is 1. The summed E-state index contributed by atoms with van der Waals surface area (Å²) in [6.45, 7) is 1.16. The Bertz CT molecular complexity index is 1160. The lowest BCUT2D eigenvalue weighted by molar-refractivity contribution is -0.384. The second-order valence-corrected chi connectivity index (χ2v) is 8.46. The predicted molar refractivity (Wildman–Crippen MR) is 127 cm³/mol. The molecule has 3 aromatic rings. The van der Waals surface area contributed by atoms with Crippen molar-refractivity contribution in [2.45, 2.75) is 12.8 Å². The number of nitro benzene ring substituents is 1. The van der Waals surface area contributed by atoms with E-state index in [1.165, 1.54) is 17.4 Å². The third kappa shape index (κ3) is 4.90. The maximum Gasteiger partial charge on any atom is 0.292 e. The van der Waals surface area contributed by atoms with E-state index in [0.29, 0.717) is 53.9 Å². The average molecular weight is 469 g/mol. The van der Waals surface area contributed by atoms with Crippen LogP contribution in [0.25, 0.3) is 11.3 Å². The molecule has 33 heavy (non-hydrogen) atoms. The molecule has 0 radical (unpaired) electrons. The predicted octanol–water partition coefficient (Wildman–Crippen LogP) is 4.59. The standard InChI is InChI=1S/C23H24N4O5S/c1-31-16-7-8-17(21(13-16)32-2)18-14-33-23(24-18)25-22(28)15-9-11-26(12-10-15)19-5-3-4-6-20(19)27(29)30/h3-8,13-15H,9-12H2,1-2H3,(H,24,25,28). The van der Waals surface area contributed by atoms with E-state index in [0.717, 1.165) is 5.56 Å². The summed E-state index contributed by atoms with van der Waals surface area (Å²) in [5.41, 5.74) is 2.21. The Hall–Kier alpha value is -3.66. The fourth-order valence-electron chi connectivity index (χ4n) is 3.94. The second kappa shape index (κ2) is 9.86. The van der Waals surface area contributed by atoms with Crippen LogP contribution in [0.15, 0.2) is 47.8 Å². The van der Waals surface area contributed by atoms with Gasteiger partial charge in [0.15, 0.2) is 5.13 Å². The number of nitro groups is 1. The van der Waals surface area contributed by atoms with E-state index >= 15 is 0 Å². The third-order valence-electron chi connectivity index (χ3n) is 5.70. The summed E-state index contributed by atoms with van der Waals surface area (Å²) in [5, 5.41) is 16.6. The molecule has 10 heteroatoms. The van der Waals surface area contributed by atoms with Crippen molar-refractivity contribution in [1.29, 1.82) is 0 Å². The van der Waals surface area contributed by atoms with Crippen LogP contribution in [0.1, 0.15) is 12.8 Å². The van der Waals surface area contributed by atoms with Crippen molar-refractivity contribution < 1.29 is 19.2 Å². The van der Waals surface area contributed by atoms with Crippen LogP contribution in [0.5, 0.6) is 11.5 Å². The summed E-state index contributed by atoms with van der Waals surface area (Å²) in [6, 6.07) is 12.2. The lowest BCUT2D eigenvalue weighted by Crippen LogP contribution is -2.38. The number of carbonyl (C=O) groups is 1. The topological polar surface area (TPSA) is 107 Å². The Morgan fingerprint density at radius 1 is 1.18 bits per heavy atom. The van der Waals surface area contributed by atoms with Crippen molar-refractivity contribution in [1.82, 2.24) is 4.98 Å². The van der Waals surface area contributed by atoms with Gasteiger partial charge in [0, 0.05) is 42.1 Å². The number of hydrogen-bond acceptors (Lipinski definition) is 8. The van der Waals surface area contributed by atoms with E-state index in [2.05, 4.69) is 10.3 Å². The van der Waals surface area contributed by atoms with Gasteiger partial charge in [0.05, 0.1) is 24.8 Å². The van der Waals surface area contributed by atoms with Crippen LogP contribution in [-0.2, 0) is 4.79 Å². The molecule has 4 rings (SSSR count). The van der Waals surface area contributed by atoms with Crippen molar-refractivity contribution in [2.24, 2.45) is 5.92 Å². The molecule has 0 unspecified atom stereocenters. The molecule has 1 aromatic heterocycles. The smallest absolute Gasteiger partial charge is 0.292 e. The molecule has 1 saturated heterocycles. The largest absolute Gasteiger partial charge is 0.497 e. The van der Waals surface area contributed by atoms with Crippen LogP contribution in [0, 0.1) is 16.0 Å². The van der Waals surface area contributed by atoms with Gasteiger partial charge in [-0.1, -0.05) is 12.1 Å². The van der Waals surface area contributed by atoms with E-state index in [1.807, 2.05) is 22.4 Å². The normalized spacial score (nSPS) is 14.1. The number of piperidine rings is 1. The highest BCUT2D eigenvalue weighted by atomic mass is 32.1. The fourth-order valence-corrected chi connectivity index (χ4v) is 4.65. The molecule has 1 amide bonds. The monoisotopic (exact) mass is 468 g/mol. The number of methoxy groups -OCH3 is 2. The van der Waals surface area contributed by atoms with Crippen molar-refractivity contribution in [2.75, 3.05) is 37.5 Å². The van der Waals surface area contributed by atoms with Crippen LogP contribution in [0.4, 0.5) is 16.5 Å². The van der Waals surface area contributed by atoms with Crippen LogP contribution in [0.3, 0.4) is 0 Å². The number of hydrogen-bond donors (Lipinski definition) is 1. The van der Waals surface area contributed by atoms with Gasteiger partial charge in [-0.15, -0.1) is 11.3 Å². The van der Waals surface area contributed by atoms with Gasteiger partial charge in [0.1, 0.15) is 17.2 Å². The van der Waals surface area contributed by atoms with Gasteiger partial charge >= 0.3 is 0 Å². The number of nitrogens with one attached hydrogen (secondary N) is 1. The third-order valence-corrected chi connectivity index (χ3v) is 6.46. The summed E-state index contributed by atoms with van der Waals surface area (Å²) < 4.78 is 10.7. The number of thiazole rings is 1. The molecule has 1 aliphatic rings. The number of ether oxygens (including phenoxy) is 2. The number of anilines is 2. The Kier molecular flexibility index (Phi) is 6.74. The highest BCUT2D eigenvalue weighted by Gasteiger charge is 2.28. The molecule has 2 heterocycles. The number of para-hydroxylation sites is 2. The van der Waals surface area contributed by atoms with E-state index in [-0.39, 0.29) is 22.4 Å². The summed E-state index contributed by atoms with van der Waals surface area (Å²) in [7, 11) is 3.18. The Balaban J connectivity index is 1.39. The van der Waals surface area contributed by atoms with Gasteiger partial charge in [-0.2, -0.15) is 0 Å². The highest BCUT2D eigenvalue weighted by Crippen LogP contribution is 2.35. The van der Waals surface area contributed by atoms with Gasteiger partial charge in [-0.05, 0) is 31.0 Å². The van der Waals surface area contributed by atoms with Crippen LogP contribution in [-0.4, -0.2) is 43.1 Å². The highest BCUT2D eigenvalue weighted by molar-refractivity contribution is 7.14. The molecule has 9 nitrogen and oxygen atoms in total.